The molecule has 1 aliphatic carbocycles. The number of aromatic nitrogens is 4. The number of nitrogens with one attached hydrogen (secondary N) is 2. The van der Waals surface area contributed by atoms with Gasteiger partial charge in [-0.05, 0) is 51.7 Å². The minimum Gasteiger partial charge on any atom is -0.369 e. The SMILES string of the molecule is CC(C)Nc1ncc2nc(Nc3c(F)cc(Cl)cc3Cl)n([C@H]3CC[C@H](C(N)=O)CC3)c2n1. The standard InChI is InChI=1S/C21H24Cl2FN7O/c1-10(2)27-20-26-9-16-19(30-20)31(13-5-3-11(4-6-13)18(25)32)21(28-16)29-17-14(23)7-12(22)8-15(17)24/h7-11,13H,3-6H2,1-2H3,(H2,25,32)(H,28,29)(H,26,27,30)/t11-,13-. The highest BCUT2D eigenvalue weighted by Gasteiger charge is 2.29. The molecule has 8 nitrogen and oxygen atoms in total. The van der Waals surface area contributed by atoms with Gasteiger partial charge in [-0.2, -0.15) is 4.98 Å². The van der Waals surface area contributed by atoms with E-state index in [1.165, 1.54) is 12.1 Å². The Bertz CT molecular complexity index is 1140. The maximum Gasteiger partial charge on any atom is 0.224 e. The second-order valence-corrected chi connectivity index (χ2v) is 9.13. The number of rotatable bonds is 6. The van der Waals surface area contributed by atoms with Gasteiger partial charge in [0.25, 0.3) is 0 Å². The van der Waals surface area contributed by atoms with E-state index >= 15 is 0 Å². The zero-order valence-electron chi connectivity index (χ0n) is 17.7. The van der Waals surface area contributed by atoms with Gasteiger partial charge in [0, 0.05) is 23.0 Å². The van der Waals surface area contributed by atoms with E-state index in [1.54, 1.807) is 6.20 Å². The number of nitrogens with two attached hydrogens (primary N) is 1. The lowest BCUT2D eigenvalue weighted by molar-refractivity contribution is -0.122. The monoisotopic (exact) mass is 479 g/mol. The Hall–Kier alpha value is -2.65. The van der Waals surface area contributed by atoms with Crippen molar-refractivity contribution >= 4 is 57.9 Å². The molecule has 1 aliphatic rings. The zero-order valence-corrected chi connectivity index (χ0v) is 19.2. The van der Waals surface area contributed by atoms with E-state index in [4.69, 9.17) is 28.9 Å². The van der Waals surface area contributed by atoms with Crippen LogP contribution in [0.5, 0.6) is 0 Å². The van der Waals surface area contributed by atoms with E-state index in [0.29, 0.717) is 48.7 Å². The lowest BCUT2D eigenvalue weighted by atomic mass is 9.85. The molecule has 0 aliphatic heterocycles. The molecule has 4 N–H and O–H groups in total. The van der Waals surface area contributed by atoms with Crippen molar-refractivity contribution in [2.24, 2.45) is 11.7 Å². The first-order valence-electron chi connectivity index (χ1n) is 10.4. The molecule has 0 bridgehead atoms. The number of halogens is 3. The van der Waals surface area contributed by atoms with Crippen molar-refractivity contribution in [3.8, 4) is 0 Å². The average molecular weight is 480 g/mol. The summed E-state index contributed by atoms with van der Waals surface area (Å²) in [7, 11) is 0. The fourth-order valence-corrected chi connectivity index (χ4v) is 4.56. The van der Waals surface area contributed by atoms with Gasteiger partial charge in [-0.15, -0.1) is 0 Å². The summed E-state index contributed by atoms with van der Waals surface area (Å²) in [5.41, 5.74) is 6.74. The predicted octanol–water partition coefficient (Wildman–Crippen LogP) is 5.05. The van der Waals surface area contributed by atoms with E-state index in [-0.39, 0.29) is 39.6 Å². The van der Waals surface area contributed by atoms with Crippen molar-refractivity contribution in [1.29, 1.82) is 0 Å². The number of hydrogen-bond acceptors (Lipinski definition) is 6. The van der Waals surface area contributed by atoms with Gasteiger partial charge < -0.3 is 16.4 Å². The van der Waals surface area contributed by atoms with Crippen molar-refractivity contribution in [2.45, 2.75) is 51.6 Å². The van der Waals surface area contributed by atoms with Gasteiger partial charge in [-0.25, -0.2) is 14.4 Å². The summed E-state index contributed by atoms with van der Waals surface area (Å²) in [5.74, 6) is -0.151. The highest BCUT2D eigenvalue weighted by atomic mass is 35.5. The van der Waals surface area contributed by atoms with Gasteiger partial charge in [0.1, 0.15) is 11.3 Å². The van der Waals surface area contributed by atoms with Crippen LogP contribution in [0.15, 0.2) is 18.3 Å². The summed E-state index contributed by atoms with van der Waals surface area (Å²) in [6, 6.07) is 2.79. The van der Waals surface area contributed by atoms with E-state index in [1.807, 2.05) is 18.4 Å². The number of carbonyl (C=O) groups is 1. The van der Waals surface area contributed by atoms with Gasteiger partial charge in [-0.1, -0.05) is 23.2 Å². The summed E-state index contributed by atoms with van der Waals surface area (Å²) < 4.78 is 16.6. The van der Waals surface area contributed by atoms with Gasteiger partial charge in [0.2, 0.25) is 17.8 Å². The molecule has 0 radical (unpaired) electrons. The van der Waals surface area contributed by atoms with Crippen LogP contribution in [-0.2, 0) is 4.79 Å². The number of nitrogens with zero attached hydrogens (tertiary/aromatic N) is 4. The highest BCUT2D eigenvalue weighted by molar-refractivity contribution is 6.36. The second kappa shape index (κ2) is 9.07. The van der Waals surface area contributed by atoms with Gasteiger partial charge in [-0.3, -0.25) is 9.36 Å². The first-order valence-corrected chi connectivity index (χ1v) is 11.2. The van der Waals surface area contributed by atoms with E-state index in [0.717, 1.165) is 0 Å². The molecular formula is C21H24Cl2FN7O. The predicted molar refractivity (Wildman–Crippen MR) is 124 cm³/mol. The van der Waals surface area contributed by atoms with E-state index < -0.39 is 5.82 Å². The lowest BCUT2D eigenvalue weighted by Gasteiger charge is -2.29. The molecule has 1 aromatic carbocycles. The summed E-state index contributed by atoms with van der Waals surface area (Å²) >= 11 is 12.1. The lowest BCUT2D eigenvalue weighted by Crippen LogP contribution is -2.28. The summed E-state index contributed by atoms with van der Waals surface area (Å²) in [4.78, 5) is 25.2. The van der Waals surface area contributed by atoms with E-state index in [9.17, 15) is 9.18 Å². The van der Waals surface area contributed by atoms with Crippen LogP contribution in [0.1, 0.15) is 45.6 Å². The van der Waals surface area contributed by atoms with Crippen molar-refractivity contribution < 1.29 is 9.18 Å². The highest BCUT2D eigenvalue weighted by Crippen LogP contribution is 2.38. The third-order valence-electron chi connectivity index (χ3n) is 5.56. The minimum atomic E-state index is -0.591. The van der Waals surface area contributed by atoms with Crippen molar-refractivity contribution in [3.05, 3.63) is 34.2 Å². The Morgan fingerprint density at radius 1 is 1.22 bits per heavy atom. The molecule has 0 atom stereocenters. The molecular weight excluding hydrogens is 456 g/mol. The minimum absolute atomic E-state index is 0.00552. The van der Waals surface area contributed by atoms with Crippen molar-refractivity contribution in [1.82, 2.24) is 19.5 Å². The van der Waals surface area contributed by atoms with Crippen LogP contribution >= 0.6 is 23.2 Å². The van der Waals surface area contributed by atoms with Crippen LogP contribution in [0.2, 0.25) is 10.0 Å². The first kappa shape index (κ1) is 22.5. The summed E-state index contributed by atoms with van der Waals surface area (Å²) in [5, 5.41) is 6.55. The molecule has 2 aromatic heterocycles. The summed E-state index contributed by atoms with van der Waals surface area (Å²) in [6.07, 6.45) is 4.38. The van der Waals surface area contributed by atoms with Crippen LogP contribution in [0.4, 0.5) is 22.0 Å². The molecule has 1 saturated carbocycles. The Balaban J connectivity index is 1.78. The first-order chi connectivity index (χ1) is 15.2. The number of benzene rings is 1. The Kier molecular flexibility index (Phi) is 6.39. The summed E-state index contributed by atoms with van der Waals surface area (Å²) in [6.45, 7) is 3.99. The van der Waals surface area contributed by atoms with Gasteiger partial charge in [0.15, 0.2) is 5.65 Å². The quantitative estimate of drug-likeness (QED) is 0.455. The zero-order chi connectivity index (χ0) is 23.0. The second-order valence-electron chi connectivity index (χ2n) is 8.28. The Morgan fingerprint density at radius 3 is 2.56 bits per heavy atom. The number of carbonyl (C=O) groups excluding carboxylic acids is 1. The molecule has 0 saturated heterocycles. The normalized spacial score (nSPS) is 18.8. The number of amides is 1. The topological polar surface area (TPSA) is 111 Å². The van der Waals surface area contributed by atoms with Crippen LogP contribution in [0, 0.1) is 11.7 Å². The molecule has 3 aromatic rings. The maximum absolute atomic E-state index is 14.6. The number of imidazole rings is 1. The van der Waals surface area contributed by atoms with Crippen LogP contribution < -0.4 is 16.4 Å². The van der Waals surface area contributed by atoms with Crippen molar-refractivity contribution in [3.63, 3.8) is 0 Å². The smallest absolute Gasteiger partial charge is 0.224 e. The van der Waals surface area contributed by atoms with Crippen LogP contribution in [-0.4, -0.2) is 31.5 Å². The average Bonchev–Trinajstić information content (AvgIpc) is 3.07. The number of hydrogen-bond donors (Lipinski definition) is 3. The maximum atomic E-state index is 14.6. The molecule has 2 heterocycles. The number of primary amides is 1. The third-order valence-corrected chi connectivity index (χ3v) is 6.07. The Morgan fingerprint density at radius 2 is 1.94 bits per heavy atom. The number of anilines is 3. The molecule has 170 valence electrons. The fraction of sp³-hybridized carbons (Fsp3) is 0.429. The molecule has 32 heavy (non-hydrogen) atoms. The molecule has 11 heteroatoms. The van der Waals surface area contributed by atoms with Crippen molar-refractivity contribution in [2.75, 3.05) is 10.6 Å². The fourth-order valence-electron chi connectivity index (χ4n) is 4.04. The molecule has 1 amide bonds. The molecule has 4 rings (SSSR count). The van der Waals surface area contributed by atoms with Gasteiger partial charge in [0.05, 0.1) is 16.9 Å². The van der Waals surface area contributed by atoms with Crippen LogP contribution in [0.3, 0.4) is 0 Å². The Labute approximate surface area is 194 Å². The van der Waals surface area contributed by atoms with E-state index in [2.05, 4.69) is 25.6 Å². The third kappa shape index (κ3) is 4.59. The number of fused-ring (bicyclic) bond motifs is 1. The molecule has 1 fully saturated rings. The molecule has 0 spiro atoms. The largest absolute Gasteiger partial charge is 0.369 e. The van der Waals surface area contributed by atoms with Gasteiger partial charge >= 0.3 is 0 Å². The molecule has 0 unspecified atom stereocenters. The van der Waals surface area contributed by atoms with Crippen LogP contribution in [0.25, 0.3) is 11.2 Å².